The van der Waals surface area contributed by atoms with Crippen LogP contribution in [0, 0.1) is 0 Å². The average molecular weight is 229 g/mol. The second kappa shape index (κ2) is 4.47. The minimum Gasteiger partial charge on any atom is -0.392 e. The van der Waals surface area contributed by atoms with Crippen molar-refractivity contribution in [3.63, 3.8) is 0 Å². The molecule has 0 aliphatic rings. The van der Waals surface area contributed by atoms with E-state index in [4.69, 9.17) is 18.0 Å². The van der Waals surface area contributed by atoms with Crippen LogP contribution < -0.4 is 5.73 Å². The fraction of sp³-hybridized carbons (Fsp3) is 0.375. The Morgan fingerprint density at radius 1 is 1.79 bits per heavy atom. The van der Waals surface area contributed by atoms with Gasteiger partial charge >= 0.3 is 0 Å². The Kier molecular flexibility index (Phi) is 3.54. The number of carbonyl (C=O) groups is 1. The smallest absolute Gasteiger partial charge is 0.265 e. The van der Waals surface area contributed by atoms with Crippen LogP contribution in [0.25, 0.3) is 0 Å². The highest BCUT2D eigenvalue weighted by Gasteiger charge is 2.19. The third-order valence-electron chi connectivity index (χ3n) is 1.96. The summed E-state index contributed by atoms with van der Waals surface area (Å²) in [6.07, 6.45) is 1.54. The molecule has 76 valence electrons. The van der Waals surface area contributed by atoms with Crippen LogP contribution in [0.4, 0.5) is 0 Å². The van der Waals surface area contributed by atoms with Crippen LogP contribution in [0.15, 0.2) is 11.7 Å². The van der Waals surface area contributed by atoms with E-state index in [0.29, 0.717) is 9.87 Å². The molecule has 0 aromatic carbocycles. The van der Waals surface area contributed by atoms with Crippen LogP contribution >= 0.6 is 23.6 Å². The Hall–Kier alpha value is -1.01. The summed E-state index contributed by atoms with van der Waals surface area (Å²) in [5.41, 5.74) is 7.07. The first-order chi connectivity index (χ1) is 6.54. The lowest BCUT2D eigenvalue weighted by Crippen LogP contribution is -2.42. The SMILES string of the molecule is CC(C(N)=S)N(C)C(=O)c1cncs1. The number of thiocarbonyl (C=S) groups is 1. The van der Waals surface area contributed by atoms with Gasteiger partial charge in [0.2, 0.25) is 0 Å². The highest BCUT2D eigenvalue weighted by molar-refractivity contribution is 7.80. The van der Waals surface area contributed by atoms with Crippen molar-refractivity contribution in [2.24, 2.45) is 5.73 Å². The van der Waals surface area contributed by atoms with E-state index in [0.717, 1.165) is 0 Å². The summed E-state index contributed by atoms with van der Waals surface area (Å²) < 4.78 is 0. The maximum absolute atomic E-state index is 11.7. The van der Waals surface area contributed by atoms with Crippen molar-refractivity contribution >= 4 is 34.5 Å². The number of nitrogens with zero attached hydrogens (tertiary/aromatic N) is 2. The molecule has 2 N–H and O–H groups in total. The summed E-state index contributed by atoms with van der Waals surface area (Å²) in [6.45, 7) is 1.79. The summed E-state index contributed by atoms with van der Waals surface area (Å²) in [5.74, 6) is -0.104. The first-order valence-corrected chi connectivity index (χ1v) is 5.27. The molecule has 1 rings (SSSR count). The van der Waals surface area contributed by atoms with Gasteiger partial charge in [-0.25, -0.2) is 0 Å². The number of hydrogen-bond acceptors (Lipinski definition) is 4. The Balaban J connectivity index is 2.76. The number of nitrogens with two attached hydrogens (primary N) is 1. The number of hydrogen-bond donors (Lipinski definition) is 1. The third-order valence-corrected chi connectivity index (χ3v) is 3.06. The lowest BCUT2D eigenvalue weighted by molar-refractivity contribution is 0.0783. The van der Waals surface area contributed by atoms with Crippen molar-refractivity contribution in [2.75, 3.05) is 7.05 Å². The molecule has 0 saturated heterocycles. The molecule has 14 heavy (non-hydrogen) atoms. The number of thiazole rings is 1. The van der Waals surface area contributed by atoms with Crippen LogP contribution in [0.1, 0.15) is 16.6 Å². The Bertz CT molecular complexity index is 336. The van der Waals surface area contributed by atoms with Crippen molar-refractivity contribution in [1.29, 1.82) is 0 Å². The first kappa shape index (κ1) is 11.1. The van der Waals surface area contributed by atoms with E-state index < -0.39 is 0 Å². The molecule has 4 nitrogen and oxygen atoms in total. The van der Waals surface area contributed by atoms with Gasteiger partial charge in [-0.1, -0.05) is 12.2 Å². The van der Waals surface area contributed by atoms with E-state index >= 15 is 0 Å². The van der Waals surface area contributed by atoms with Gasteiger partial charge in [-0.15, -0.1) is 11.3 Å². The summed E-state index contributed by atoms with van der Waals surface area (Å²) >= 11 is 6.12. The minimum atomic E-state index is -0.236. The predicted molar refractivity (Wildman–Crippen MR) is 60.5 cm³/mol. The lowest BCUT2D eigenvalue weighted by Gasteiger charge is -2.22. The molecule has 0 bridgehead atoms. The number of aromatic nitrogens is 1. The molecule has 1 heterocycles. The van der Waals surface area contributed by atoms with Crippen LogP contribution in [0.2, 0.25) is 0 Å². The van der Waals surface area contributed by atoms with E-state index in [1.807, 2.05) is 0 Å². The van der Waals surface area contributed by atoms with Gasteiger partial charge in [0, 0.05) is 7.05 Å². The molecule has 1 amide bonds. The van der Waals surface area contributed by atoms with E-state index in [9.17, 15) is 4.79 Å². The quantitative estimate of drug-likeness (QED) is 0.782. The number of amides is 1. The molecule has 6 heteroatoms. The summed E-state index contributed by atoms with van der Waals surface area (Å²) in [5, 5.41) is 0. The molecule has 0 spiro atoms. The average Bonchev–Trinajstić information content (AvgIpc) is 2.67. The molecule has 0 saturated carbocycles. The molecule has 1 aromatic rings. The normalized spacial score (nSPS) is 12.1. The second-order valence-corrected chi connectivity index (χ2v) is 4.22. The van der Waals surface area contributed by atoms with Crippen LogP contribution in [-0.2, 0) is 0 Å². The van der Waals surface area contributed by atoms with Gasteiger partial charge in [0.15, 0.2) is 0 Å². The number of rotatable bonds is 3. The molecule has 0 radical (unpaired) electrons. The Morgan fingerprint density at radius 3 is 2.86 bits per heavy atom. The van der Waals surface area contributed by atoms with Crippen molar-refractivity contribution in [2.45, 2.75) is 13.0 Å². The maximum Gasteiger partial charge on any atom is 0.265 e. The Labute approximate surface area is 91.7 Å². The molecular weight excluding hydrogens is 218 g/mol. The van der Waals surface area contributed by atoms with Gasteiger partial charge in [-0.3, -0.25) is 9.78 Å². The zero-order valence-corrected chi connectivity index (χ0v) is 9.56. The summed E-state index contributed by atoms with van der Waals surface area (Å²) in [6, 6.07) is -0.236. The minimum absolute atomic E-state index is 0.104. The zero-order chi connectivity index (χ0) is 10.7. The van der Waals surface area contributed by atoms with Crippen molar-refractivity contribution in [3.05, 3.63) is 16.6 Å². The molecule has 1 aromatic heterocycles. The largest absolute Gasteiger partial charge is 0.392 e. The van der Waals surface area contributed by atoms with Gasteiger partial charge in [0.05, 0.1) is 22.7 Å². The molecule has 0 aliphatic heterocycles. The van der Waals surface area contributed by atoms with E-state index in [1.54, 1.807) is 19.5 Å². The fourth-order valence-electron chi connectivity index (χ4n) is 0.862. The highest BCUT2D eigenvalue weighted by Crippen LogP contribution is 2.10. The van der Waals surface area contributed by atoms with Crippen LogP contribution in [0.5, 0.6) is 0 Å². The van der Waals surface area contributed by atoms with Crippen molar-refractivity contribution in [1.82, 2.24) is 9.88 Å². The summed E-state index contributed by atoms with van der Waals surface area (Å²) in [7, 11) is 1.67. The van der Waals surface area contributed by atoms with Gasteiger partial charge in [0.1, 0.15) is 4.88 Å². The monoisotopic (exact) mass is 229 g/mol. The van der Waals surface area contributed by atoms with Crippen LogP contribution in [-0.4, -0.2) is 33.9 Å². The molecular formula is C8H11N3OS2. The molecule has 1 unspecified atom stereocenters. The van der Waals surface area contributed by atoms with Crippen molar-refractivity contribution in [3.8, 4) is 0 Å². The molecule has 1 atom stereocenters. The van der Waals surface area contributed by atoms with Crippen LogP contribution in [0.3, 0.4) is 0 Å². The highest BCUT2D eigenvalue weighted by atomic mass is 32.1. The van der Waals surface area contributed by atoms with E-state index in [2.05, 4.69) is 4.98 Å². The summed E-state index contributed by atoms with van der Waals surface area (Å²) in [4.78, 5) is 18.0. The topological polar surface area (TPSA) is 59.2 Å². The second-order valence-electron chi connectivity index (χ2n) is 2.86. The van der Waals surface area contributed by atoms with Crippen molar-refractivity contribution < 1.29 is 4.79 Å². The zero-order valence-electron chi connectivity index (χ0n) is 7.93. The van der Waals surface area contributed by atoms with E-state index in [1.165, 1.54) is 22.4 Å². The number of likely N-dealkylation sites (N-methyl/N-ethyl adjacent to an activating group) is 1. The molecule has 0 fully saturated rings. The first-order valence-electron chi connectivity index (χ1n) is 3.99. The predicted octanol–water partition coefficient (Wildman–Crippen LogP) is 0.890. The van der Waals surface area contributed by atoms with Gasteiger partial charge in [-0.2, -0.15) is 0 Å². The van der Waals surface area contributed by atoms with Gasteiger partial charge in [-0.05, 0) is 6.92 Å². The fourth-order valence-corrected chi connectivity index (χ4v) is 1.62. The molecule has 0 aliphatic carbocycles. The number of carbonyl (C=O) groups excluding carboxylic acids is 1. The third kappa shape index (κ3) is 2.27. The standard InChI is InChI=1S/C8H11N3OS2/c1-5(7(9)13)11(2)8(12)6-3-10-4-14-6/h3-5H,1-2H3,(H2,9,13). The Morgan fingerprint density at radius 2 is 2.43 bits per heavy atom. The lowest BCUT2D eigenvalue weighted by atomic mass is 10.3. The van der Waals surface area contributed by atoms with E-state index in [-0.39, 0.29) is 11.9 Å². The van der Waals surface area contributed by atoms with Gasteiger partial charge in [0.25, 0.3) is 5.91 Å². The maximum atomic E-state index is 11.7. The van der Waals surface area contributed by atoms with Gasteiger partial charge < -0.3 is 10.6 Å².